The summed E-state index contributed by atoms with van der Waals surface area (Å²) >= 11 is 0. The fraction of sp³-hybridized carbons (Fsp3) is 0. The SMILES string of the molecule is Oc1c(F)c(F)cc(-c2nc3c(F)c(F)ccc3[nH]2)c1F. The van der Waals surface area contributed by atoms with Gasteiger partial charge in [0.15, 0.2) is 29.0 Å². The molecule has 3 rings (SSSR count). The summed E-state index contributed by atoms with van der Waals surface area (Å²) in [4.78, 5) is 6.04. The van der Waals surface area contributed by atoms with E-state index >= 15 is 0 Å². The number of phenols is 1. The van der Waals surface area contributed by atoms with E-state index in [-0.39, 0.29) is 11.3 Å². The van der Waals surface area contributed by atoms with Crippen LogP contribution in [-0.2, 0) is 0 Å². The molecule has 0 bridgehead atoms. The Morgan fingerprint density at radius 2 is 1.62 bits per heavy atom. The van der Waals surface area contributed by atoms with Crippen molar-refractivity contribution in [3.8, 4) is 17.1 Å². The minimum Gasteiger partial charge on any atom is -0.503 e. The van der Waals surface area contributed by atoms with Crippen molar-refractivity contribution in [3.05, 3.63) is 47.3 Å². The minimum absolute atomic E-state index is 0.0347. The third-order valence-electron chi connectivity index (χ3n) is 2.93. The molecule has 2 N–H and O–H groups in total. The highest BCUT2D eigenvalue weighted by molar-refractivity contribution is 5.80. The van der Waals surface area contributed by atoms with Crippen LogP contribution in [0.25, 0.3) is 22.4 Å². The van der Waals surface area contributed by atoms with Gasteiger partial charge in [0.05, 0.1) is 11.1 Å². The number of phenolic OH excluding ortho intramolecular Hbond substituents is 1. The van der Waals surface area contributed by atoms with E-state index in [4.69, 9.17) is 5.11 Å². The maximum absolute atomic E-state index is 13.8. The Balaban J connectivity index is 2.29. The second-order valence-electron chi connectivity index (χ2n) is 4.23. The highest BCUT2D eigenvalue weighted by atomic mass is 19.2. The first-order chi connectivity index (χ1) is 9.90. The molecule has 108 valence electrons. The number of aromatic hydroxyl groups is 1. The zero-order valence-corrected chi connectivity index (χ0v) is 10.0. The molecule has 21 heavy (non-hydrogen) atoms. The largest absolute Gasteiger partial charge is 0.503 e. The zero-order valence-electron chi connectivity index (χ0n) is 10.0. The van der Waals surface area contributed by atoms with Crippen LogP contribution in [0.5, 0.6) is 5.75 Å². The maximum Gasteiger partial charge on any atom is 0.203 e. The molecular formula is C13H5F5N2O. The number of hydrogen-bond donors (Lipinski definition) is 2. The Labute approximate surface area is 113 Å². The van der Waals surface area contributed by atoms with Crippen LogP contribution < -0.4 is 0 Å². The maximum atomic E-state index is 13.8. The lowest BCUT2D eigenvalue weighted by Crippen LogP contribution is -1.94. The summed E-state index contributed by atoms with van der Waals surface area (Å²) < 4.78 is 66.6. The quantitative estimate of drug-likeness (QED) is 0.532. The number of nitrogens with zero attached hydrogens (tertiary/aromatic N) is 1. The molecule has 0 radical (unpaired) electrons. The normalized spacial score (nSPS) is 11.3. The number of imidazole rings is 1. The average molecular weight is 300 g/mol. The van der Waals surface area contributed by atoms with Crippen molar-refractivity contribution < 1.29 is 27.1 Å². The van der Waals surface area contributed by atoms with E-state index in [2.05, 4.69) is 9.97 Å². The van der Waals surface area contributed by atoms with Gasteiger partial charge < -0.3 is 10.1 Å². The summed E-state index contributed by atoms with van der Waals surface area (Å²) in [6.45, 7) is 0. The molecule has 0 fully saturated rings. The standard InChI is InChI=1S/C13H5F5N2O/c14-5-1-2-7-11(9(5)17)20-13(19-7)4-3-6(15)10(18)12(21)8(4)16/h1-3,21H,(H,19,20). The van der Waals surface area contributed by atoms with Crippen molar-refractivity contribution in [2.75, 3.05) is 0 Å². The summed E-state index contributed by atoms with van der Waals surface area (Å²) in [6.07, 6.45) is 0. The molecular weight excluding hydrogens is 295 g/mol. The Bertz CT molecular complexity index is 875. The number of fused-ring (bicyclic) bond motifs is 1. The van der Waals surface area contributed by atoms with Crippen LogP contribution >= 0.6 is 0 Å². The first-order valence-corrected chi connectivity index (χ1v) is 5.60. The number of halogens is 5. The molecule has 0 atom stereocenters. The third kappa shape index (κ3) is 1.91. The fourth-order valence-electron chi connectivity index (χ4n) is 1.91. The van der Waals surface area contributed by atoms with Crippen molar-refractivity contribution in [2.24, 2.45) is 0 Å². The minimum atomic E-state index is -1.75. The van der Waals surface area contributed by atoms with Gasteiger partial charge in [-0.25, -0.2) is 22.5 Å². The number of benzene rings is 2. The molecule has 0 amide bonds. The zero-order chi connectivity index (χ0) is 15.3. The van der Waals surface area contributed by atoms with E-state index in [0.717, 1.165) is 12.1 Å². The Morgan fingerprint density at radius 1 is 0.905 bits per heavy atom. The molecule has 0 saturated heterocycles. The van der Waals surface area contributed by atoms with Gasteiger partial charge in [0, 0.05) is 0 Å². The number of aromatic amines is 1. The van der Waals surface area contributed by atoms with Crippen LogP contribution in [0.1, 0.15) is 0 Å². The van der Waals surface area contributed by atoms with Crippen molar-refractivity contribution >= 4 is 11.0 Å². The van der Waals surface area contributed by atoms with Crippen LogP contribution in [-0.4, -0.2) is 15.1 Å². The predicted octanol–water partition coefficient (Wildman–Crippen LogP) is 3.63. The van der Waals surface area contributed by atoms with Crippen molar-refractivity contribution in [3.63, 3.8) is 0 Å². The topological polar surface area (TPSA) is 48.9 Å². The predicted molar refractivity (Wildman–Crippen MR) is 63.0 cm³/mol. The smallest absolute Gasteiger partial charge is 0.203 e. The number of rotatable bonds is 1. The summed E-state index contributed by atoms with van der Waals surface area (Å²) in [5, 5.41) is 9.14. The molecule has 0 aliphatic carbocycles. The van der Waals surface area contributed by atoms with Gasteiger partial charge in [-0.2, -0.15) is 4.39 Å². The Morgan fingerprint density at radius 3 is 2.33 bits per heavy atom. The molecule has 3 nitrogen and oxygen atoms in total. The second-order valence-corrected chi connectivity index (χ2v) is 4.23. The summed E-state index contributed by atoms with van der Waals surface area (Å²) in [6, 6.07) is 2.44. The van der Waals surface area contributed by atoms with E-state index in [1.807, 2.05) is 0 Å². The van der Waals surface area contributed by atoms with Crippen molar-refractivity contribution in [2.45, 2.75) is 0 Å². The van der Waals surface area contributed by atoms with Gasteiger partial charge in [0.2, 0.25) is 5.82 Å². The summed E-state index contributed by atoms with van der Waals surface area (Å²) in [5.74, 6) is -9.02. The molecule has 8 heteroatoms. The molecule has 1 aromatic heterocycles. The molecule has 1 heterocycles. The van der Waals surface area contributed by atoms with Crippen LogP contribution in [0.15, 0.2) is 18.2 Å². The third-order valence-corrected chi connectivity index (χ3v) is 2.93. The van der Waals surface area contributed by atoms with Gasteiger partial charge >= 0.3 is 0 Å². The van der Waals surface area contributed by atoms with Gasteiger partial charge in [-0.05, 0) is 18.2 Å². The van der Waals surface area contributed by atoms with Crippen LogP contribution in [0.3, 0.4) is 0 Å². The first kappa shape index (κ1) is 13.3. The van der Waals surface area contributed by atoms with Gasteiger partial charge in [0.1, 0.15) is 11.3 Å². The van der Waals surface area contributed by atoms with Gasteiger partial charge in [-0.15, -0.1) is 0 Å². The molecule has 0 saturated carbocycles. The van der Waals surface area contributed by atoms with Crippen LogP contribution in [0, 0.1) is 29.1 Å². The summed E-state index contributed by atoms with van der Waals surface area (Å²) in [7, 11) is 0. The molecule has 0 spiro atoms. The average Bonchev–Trinajstić information content (AvgIpc) is 2.89. The highest BCUT2D eigenvalue weighted by Crippen LogP contribution is 2.32. The number of aromatic nitrogens is 2. The van der Waals surface area contributed by atoms with Gasteiger partial charge in [-0.1, -0.05) is 0 Å². The second kappa shape index (κ2) is 4.44. The van der Waals surface area contributed by atoms with Gasteiger partial charge in [-0.3, -0.25) is 0 Å². The molecule has 3 aromatic rings. The van der Waals surface area contributed by atoms with E-state index in [0.29, 0.717) is 6.07 Å². The molecule has 0 unspecified atom stereocenters. The number of H-pyrrole nitrogens is 1. The number of hydrogen-bond acceptors (Lipinski definition) is 2. The lowest BCUT2D eigenvalue weighted by Gasteiger charge is -2.03. The lowest BCUT2D eigenvalue weighted by molar-refractivity contribution is 0.377. The Kier molecular flexibility index (Phi) is 2.82. The van der Waals surface area contributed by atoms with E-state index in [1.165, 1.54) is 0 Å². The van der Waals surface area contributed by atoms with Gasteiger partial charge in [0.25, 0.3) is 0 Å². The van der Waals surface area contributed by atoms with E-state index < -0.39 is 45.9 Å². The monoisotopic (exact) mass is 300 g/mol. The number of nitrogens with one attached hydrogen (secondary N) is 1. The van der Waals surface area contributed by atoms with E-state index in [9.17, 15) is 22.0 Å². The van der Waals surface area contributed by atoms with Crippen molar-refractivity contribution in [1.82, 2.24) is 9.97 Å². The Hall–Kier alpha value is -2.64. The molecule has 0 aliphatic rings. The van der Waals surface area contributed by atoms with Crippen LogP contribution in [0.4, 0.5) is 22.0 Å². The summed E-state index contributed by atoms with van der Waals surface area (Å²) in [5.41, 5.74) is -0.997. The fourth-order valence-corrected chi connectivity index (χ4v) is 1.91. The van der Waals surface area contributed by atoms with E-state index in [1.54, 1.807) is 0 Å². The highest BCUT2D eigenvalue weighted by Gasteiger charge is 2.22. The lowest BCUT2D eigenvalue weighted by atomic mass is 10.1. The van der Waals surface area contributed by atoms with Crippen LogP contribution in [0.2, 0.25) is 0 Å². The molecule has 2 aromatic carbocycles. The van der Waals surface area contributed by atoms with Crippen molar-refractivity contribution in [1.29, 1.82) is 0 Å². The first-order valence-electron chi connectivity index (χ1n) is 5.60. The molecule has 0 aliphatic heterocycles.